The topological polar surface area (TPSA) is 66.9 Å². The maximum absolute atomic E-state index is 12.4. The van der Waals surface area contributed by atoms with Crippen molar-refractivity contribution in [2.24, 2.45) is 0 Å². The number of anilines is 3. The van der Waals surface area contributed by atoms with Crippen molar-refractivity contribution in [2.75, 3.05) is 10.6 Å². The molecule has 1 aromatic heterocycles. The van der Waals surface area contributed by atoms with Crippen LogP contribution in [0.2, 0.25) is 0 Å². The number of hydrogen-bond acceptors (Lipinski definition) is 4. The van der Waals surface area contributed by atoms with E-state index >= 15 is 0 Å². The molecule has 5 nitrogen and oxygen atoms in total. The second kappa shape index (κ2) is 6.91. The van der Waals surface area contributed by atoms with E-state index in [4.69, 9.17) is 0 Å². The number of nitrogens with one attached hydrogen (secondary N) is 2. The smallest absolute Gasteiger partial charge is 0.274 e. The van der Waals surface area contributed by atoms with E-state index in [1.54, 1.807) is 13.0 Å². The van der Waals surface area contributed by atoms with Crippen LogP contribution in [-0.4, -0.2) is 15.9 Å². The molecule has 3 rings (SSSR count). The van der Waals surface area contributed by atoms with Crippen molar-refractivity contribution >= 4 is 23.1 Å². The van der Waals surface area contributed by atoms with Gasteiger partial charge in [-0.25, -0.2) is 9.97 Å². The molecule has 0 saturated heterocycles. The van der Waals surface area contributed by atoms with Crippen LogP contribution in [0.4, 0.5) is 17.2 Å². The van der Waals surface area contributed by atoms with Crippen LogP contribution in [0.1, 0.15) is 21.9 Å². The number of amides is 1. The Balaban J connectivity index is 1.80. The van der Waals surface area contributed by atoms with E-state index in [0.29, 0.717) is 17.3 Å². The molecule has 1 amide bonds. The maximum Gasteiger partial charge on any atom is 0.274 e. The van der Waals surface area contributed by atoms with E-state index in [1.165, 1.54) is 0 Å². The fourth-order valence-electron chi connectivity index (χ4n) is 2.25. The Morgan fingerprint density at radius 3 is 2.29 bits per heavy atom. The first kappa shape index (κ1) is 15.7. The average Bonchev–Trinajstić information content (AvgIpc) is 2.57. The molecule has 3 aromatic rings. The van der Waals surface area contributed by atoms with Gasteiger partial charge in [0.25, 0.3) is 5.91 Å². The van der Waals surface area contributed by atoms with E-state index in [1.807, 2.05) is 61.5 Å². The molecule has 0 spiro atoms. The van der Waals surface area contributed by atoms with E-state index in [-0.39, 0.29) is 5.91 Å². The molecule has 0 aliphatic heterocycles. The molecule has 0 aliphatic rings. The molecule has 120 valence electrons. The minimum absolute atomic E-state index is 0.263. The largest absolute Gasteiger partial charge is 0.340 e. The molecular formula is C19H18N4O. The van der Waals surface area contributed by atoms with Gasteiger partial charge >= 0.3 is 0 Å². The molecule has 1 heterocycles. The van der Waals surface area contributed by atoms with Crippen LogP contribution in [-0.2, 0) is 0 Å². The lowest BCUT2D eigenvalue weighted by molar-refractivity contribution is 0.102. The zero-order chi connectivity index (χ0) is 16.9. The van der Waals surface area contributed by atoms with Crippen molar-refractivity contribution in [3.8, 4) is 0 Å². The number of carbonyl (C=O) groups excluding carboxylic acids is 1. The van der Waals surface area contributed by atoms with Crippen LogP contribution in [0.25, 0.3) is 0 Å². The normalized spacial score (nSPS) is 10.2. The van der Waals surface area contributed by atoms with Crippen LogP contribution in [0.5, 0.6) is 0 Å². The zero-order valence-corrected chi connectivity index (χ0v) is 13.6. The Bertz CT molecular complexity index is 845. The molecule has 2 N–H and O–H groups in total. The van der Waals surface area contributed by atoms with Crippen molar-refractivity contribution in [3.05, 3.63) is 77.7 Å². The average molecular weight is 318 g/mol. The van der Waals surface area contributed by atoms with Gasteiger partial charge in [-0.2, -0.15) is 0 Å². The first-order chi connectivity index (χ1) is 11.6. The van der Waals surface area contributed by atoms with Gasteiger partial charge in [0, 0.05) is 17.4 Å². The molecule has 0 bridgehead atoms. The Kier molecular flexibility index (Phi) is 4.52. The monoisotopic (exact) mass is 318 g/mol. The molecule has 0 unspecified atom stereocenters. The van der Waals surface area contributed by atoms with Gasteiger partial charge in [-0.1, -0.05) is 35.9 Å². The number of hydrogen-bond donors (Lipinski definition) is 2. The SMILES string of the molecule is Cc1ccc(NC(=O)c2cc(Nc3ccccc3)nc(C)n2)cc1. The standard InChI is InChI=1S/C19H18N4O/c1-13-8-10-16(11-9-13)23-19(24)17-12-18(21-14(2)20-17)22-15-6-4-3-5-7-15/h3-12H,1-2H3,(H,23,24)(H,20,21,22). The first-order valence-electron chi connectivity index (χ1n) is 7.66. The van der Waals surface area contributed by atoms with Gasteiger partial charge in [0.05, 0.1) is 0 Å². The van der Waals surface area contributed by atoms with E-state index in [2.05, 4.69) is 20.6 Å². The van der Waals surface area contributed by atoms with Crippen molar-refractivity contribution in [1.29, 1.82) is 0 Å². The third-order valence-corrected chi connectivity index (χ3v) is 3.43. The van der Waals surface area contributed by atoms with Crippen molar-refractivity contribution in [2.45, 2.75) is 13.8 Å². The molecule has 0 atom stereocenters. The van der Waals surface area contributed by atoms with Gasteiger partial charge in [-0.3, -0.25) is 4.79 Å². The first-order valence-corrected chi connectivity index (χ1v) is 7.66. The fourth-order valence-corrected chi connectivity index (χ4v) is 2.25. The summed E-state index contributed by atoms with van der Waals surface area (Å²) in [5, 5.41) is 6.03. The van der Waals surface area contributed by atoms with E-state index in [0.717, 1.165) is 16.9 Å². The lowest BCUT2D eigenvalue weighted by Crippen LogP contribution is -2.15. The summed E-state index contributed by atoms with van der Waals surface area (Å²) in [7, 11) is 0. The molecule has 0 aliphatic carbocycles. The van der Waals surface area contributed by atoms with Gasteiger partial charge in [-0.15, -0.1) is 0 Å². The number of aryl methyl sites for hydroxylation is 2. The molecule has 0 radical (unpaired) electrons. The highest BCUT2D eigenvalue weighted by Crippen LogP contribution is 2.16. The quantitative estimate of drug-likeness (QED) is 0.760. The molecule has 0 saturated carbocycles. The van der Waals surface area contributed by atoms with Gasteiger partial charge < -0.3 is 10.6 Å². The third kappa shape index (κ3) is 3.95. The van der Waals surface area contributed by atoms with Gasteiger partial charge in [0.2, 0.25) is 0 Å². The van der Waals surface area contributed by atoms with Gasteiger partial charge in [0.1, 0.15) is 17.3 Å². The summed E-state index contributed by atoms with van der Waals surface area (Å²) >= 11 is 0. The van der Waals surface area contributed by atoms with Crippen LogP contribution < -0.4 is 10.6 Å². The molecule has 0 fully saturated rings. The summed E-state index contributed by atoms with van der Waals surface area (Å²) < 4.78 is 0. The van der Waals surface area contributed by atoms with Crippen LogP contribution in [0.3, 0.4) is 0 Å². The number of carbonyl (C=O) groups is 1. The third-order valence-electron chi connectivity index (χ3n) is 3.43. The zero-order valence-electron chi connectivity index (χ0n) is 13.6. The number of aromatic nitrogens is 2. The fraction of sp³-hybridized carbons (Fsp3) is 0.105. The van der Waals surface area contributed by atoms with Gasteiger partial charge in [-0.05, 0) is 38.1 Å². The predicted molar refractivity (Wildman–Crippen MR) is 95.6 cm³/mol. The number of para-hydroxylation sites is 1. The lowest BCUT2D eigenvalue weighted by Gasteiger charge is -2.09. The van der Waals surface area contributed by atoms with Crippen molar-refractivity contribution in [3.63, 3.8) is 0 Å². The second-order valence-corrected chi connectivity index (χ2v) is 5.50. The lowest BCUT2D eigenvalue weighted by atomic mass is 10.2. The van der Waals surface area contributed by atoms with Gasteiger partial charge in [0.15, 0.2) is 0 Å². The summed E-state index contributed by atoms with van der Waals surface area (Å²) in [6.45, 7) is 3.76. The van der Waals surface area contributed by atoms with Crippen molar-refractivity contribution < 1.29 is 4.79 Å². The van der Waals surface area contributed by atoms with Crippen LogP contribution in [0.15, 0.2) is 60.7 Å². The highest BCUT2D eigenvalue weighted by molar-refractivity contribution is 6.03. The van der Waals surface area contributed by atoms with Crippen LogP contribution >= 0.6 is 0 Å². The summed E-state index contributed by atoms with van der Waals surface area (Å²) in [5.74, 6) is 0.855. The maximum atomic E-state index is 12.4. The summed E-state index contributed by atoms with van der Waals surface area (Å²) in [6, 6.07) is 18.9. The number of rotatable bonds is 4. The number of nitrogens with zero attached hydrogens (tertiary/aromatic N) is 2. The molecular weight excluding hydrogens is 300 g/mol. The van der Waals surface area contributed by atoms with E-state index < -0.39 is 0 Å². The number of benzene rings is 2. The van der Waals surface area contributed by atoms with E-state index in [9.17, 15) is 4.79 Å². The molecule has 2 aromatic carbocycles. The summed E-state index contributed by atoms with van der Waals surface area (Å²) in [6.07, 6.45) is 0. The predicted octanol–water partition coefficient (Wildman–Crippen LogP) is 4.09. The van der Waals surface area contributed by atoms with Crippen LogP contribution in [0, 0.1) is 13.8 Å². The minimum atomic E-state index is -0.263. The highest BCUT2D eigenvalue weighted by Gasteiger charge is 2.11. The summed E-state index contributed by atoms with van der Waals surface area (Å²) in [4.78, 5) is 21.0. The Labute approximate surface area is 140 Å². The Hall–Kier alpha value is -3.21. The van der Waals surface area contributed by atoms with Crippen molar-refractivity contribution in [1.82, 2.24) is 9.97 Å². The minimum Gasteiger partial charge on any atom is -0.340 e. The molecule has 24 heavy (non-hydrogen) atoms. The Morgan fingerprint density at radius 2 is 1.58 bits per heavy atom. The molecule has 5 heteroatoms. The Morgan fingerprint density at radius 1 is 0.875 bits per heavy atom. The second-order valence-electron chi connectivity index (χ2n) is 5.50. The highest BCUT2D eigenvalue weighted by atomic mass is 16.1. The summed E-state index contributed by atoms with van der Waals surface area (Å²) in [5.41, 5.74) is 3.10.